The van der Waals surface area contributed by atoms with Crippen LogP contribution in [0.15, 0.2) is 30.3 Å². The highest BCUT2D eigenvalue weighted by Crippen LogP contribution is 2.10. The van der Waals surface area contributed by atoms with Crippen molar-refractivity contribution in [2.24, 2.45) is 5.73 Å². The monoisotopic (exact) mass is 250 g/mol. The number of carbonyl (C=O) groups excluding carboxylic acids is 1. The van der Waals surface area contributed by atoms with Crippen LogP contribution in [-0.4, -0.2) is 35.3 Å². The van der Waals surface area contributed by atoms with Crippen molar-refractivity contribution in [1.82, 2.24) is 5.32 Å². The normalized spacial score (nSPS) is 12.6. The van der Waals surface area contributed by atoms with E-state index in [2.05, 4.69) is 5.32 Å². The number of benzene rings is 1. The number of aliphatic hydroxyl groups excluding tert-OH is 1. The first kappa shape index (κ1) is 14.2. The topological polar surface area (TPSA) is 95.6 Å². The molecule has 0 radical (unpaired) electrons. The van der Waals surface area contributed by atoms with Crippen molar-refractivity contribution < 1.29 is 15.0 Å². The van der Waals surface area contributed by atoms with Crippen LogP contribution in [0.25, 0.3) is 6.08 Å². The first-order valence-corrected chi connectivity index (χ1v) is 5.75. The maximum Gasteiger partial charge on any atom is 0.244 e. The minimum Gasteiger partial charge on any atom is -0.508 e. The molecule has 0 bridgehead atoms. The van der Waals surface area contributed by atoms with Gasteiger partial charge in [0.15, 0.2) is 0 Å². The van der Waals surface area contributed by atoms with Crippen molar-refractivity contribution in [2.45, 2.75) is 12.5 Å². The number of hydrogen-bond donors (Lipinski definition) is 4. The minimum absolute atomic E-state index is 0.182. The molecule has 1 rings (SSSR count). The smallest absolute Gasteiger partial charge is 0.244 e. The van der Waals surface area contributed by atoms with Gasteiger partial charge in [-0.15, -0.1) is 0 Å². The molecule has 0 saturated carbocycles. The van der Waals surface area contributed by atoms with Crippen LogP contribution in [0.2, 0.25) is 0 Å². The molecule has 1 aromatic carbocycles. The molecule has 0 fully saturated rings. The number of aliphatic hydroxyl groups is 1. The second-order valence-corrected chi connectivity index (χ2v) is 3.90. The zero-order valence-corrected chi connectivity index (χ0v) is 10.0. The molecular weight excluding hydrogens is 232 g/mol. The van der Waals surface area contributed by atoms with E-state index in [-0.39, 0.29) is 18.2 Å². The van der Waals surface area contributed by atoms with Crippen molar-refractivity contribution in [3.8, 4) is 5.75 Å². The molecule has 0 spiro atoms. The molecule has 18 heavy (non-hydrogen) atoms. The van der Waals surface area contributed by atoms with E-state index in [1.807, 2.05) is 0 Å². The number of rotatable bonds is 6. The number of phenolic OH excluding ortho intramolecular Hbond substituents is 1. The third kappa shape index (κ3) is 5.47. The number of nitrogens with two attached hydrogens (primary N) is 1. The van der Waals surface area contributed by atoms with Gasteiger partial charge in [0, 0.05) is 12.6 Å². The van der Waals surface area contributed by atoms with Crippen LogP contribution in [0, 0.1) is 0 Å². The van der Waals surface area contributed by atoms with Crippen LogP contribution in [0.5, 0.6) is 5.75 Å². The summed E-state index contributed by atoms with van der Waals surface area (Å²) in [5.41, 5.74) is 6.09. The third-order valence-corrected chi connectivity index (χ3v) is 2.33. The molecule has 5 N–H and O–H groups in total. The van der Waals surface area contributed by atoms with Gasteiger partial charge in [0.2, 0.25) is 5.91 Å². The maximum absolute atomic E-state index is 11.4. The van der Waals surface area contributed by atoms with Crippen molar-refractivity contribution in [3.63, 3.8) is 0 Å². The van der Waals surface area contributed by atoms with Crippen LogP contribution < -0.4 is 11.1 Å². The lowest BCUT2D eigenvalue weighted by Gasteiger charge is -2.08. The van der Waals surface area contributed by atoms with E-state index in [0.717, 1.165) is 5.56 Å². The largest absolute Gasteiger partial charge is 0.508 e. The standard InChI is InChI=1S/C13H18N2O3/c14-8-7-12(17)9-15-13(18)6-3-10-1-4-11(16)5-2-10/h1-6,12,16-17H,7-9,14H2,(H,15,18)/b6-3+. The van der Waals surface area contributed by atoms with Gasteiger partial charge in [0.25, 0.3) is 0 Å². The zero-order chi connectivity index (χ0) is 13.4. The summed E-state index contributed by atoms with van der Waals surface area (Å²) < 4.78 is 0. The maximum atomic E-state index is 11.4. The Morgan fingerprint density at radius 3 is 2.67 bits per heavy atom. The summed E-state index contributed by atoms with van der Waals surface area (Å²) in [6.07, 6.45) is 2.86. The average Bonchev–Trinajstić information content (AvgIpc) is 2.36. The molecule has 0 saturated heterocycles. The van der Waals surface area contributed by atoms with E-state index >= 15 is 0 Å². The van der Waals surface area contributed by atoms with Crippen molar-refractivity contribution in [3.05, 3.63) is 35.9 Å². The van der Waals surface area contributed by atoms with Crippen molar-refractivity contribution >= 4 is 12.0 Å². The van der Waals surface area contributed by atoms with Gasteiger partial charge in [-0.25, -0.2) is 0 Å². The predicted molar refractivity (Wildman–Crippen MR) is 69.8 cm³/mol. The Kier molecular flexibility index (Phi) is 5.90. The molecule has 0 aromatic heterocycles. The van der Waals surface area contributed by atoms with Gasteiger partial charge >= 0.3 is 0 Å². The predicted octanol–water partition coefficient (Wildman–Crippen LogP) is 0.231. The Morgan fingerprint density at radius 1 is 1.39 bits per heavy atom. The first-order chi connectivity index (χ1) is 8.61. The van der Waals surface area contributed by atoms with E-state index in [1.54, 1.807) is 30.3 Å². The molecule has 5 heteroatoms. The van der Waals surface area contributed by atoms with Crippen LogP contribution in [-0.2, 0) is 4.79 Å². The van der Waals surface area contributed by atoms with Gasteiger partial charge in [-0.1, -0.05) is 12.1 Å². The summed E-state index contributed by atoms with van der Waals surface area (Å²) >= 11 is 0. The van der Waals surface area contributed by atoms with Gasteiger partial charge in [-0.2, -0.15) is 0 Å². The van der Waals surface area contributed by atoms with Crippen LogP contribution in [0.3, 0.4) is 0 Å². The summed E-state index contributed by atoms with van der Waals surface area (Å²) in [5, 5.41) is 21.0. The Hall–Kier alpha value is -1.85. The summed E-state index contributed by atoms with van der Waals surface area (Å²) in [4.78, 5) is 11.4. The van der Waals surface area contributed by atoms with Gasteiger partial charge in [0.05, 0.1) is 6.10 Å². The number of nitrogens with one attached hydrogen (secondary N) is 1. The van der Waals surface area contributed by atoms with E-state index in [9.17, 15) is 9.90 Å². The molecule has 0 heterocycles. The van der Waals surface area contributed by atoms with E-state index < -0.39 is 6.10 Å². The highest BCUT2D eigenvalue weighted by Gasteiger charge is 2.03. The van der Waals surface area contributed by atoms with Gasteiger partial charge in [-0.05, 0) is 36.7 Å². The number of amides is 1. The van der Waals surface area contributed by atoms with E-state index in [0.29, 0.717) is 13.0 Å². The SMILES string of the molecule is NCCC(O)CNC(=O)/C=C/c1ccc(O)cc1. The Bertz CT molecular complexity index is 401. The quantitative estimate of drug-likeness (QED) is 0.543. The van der Waals surface area contributed by atoms with Crippen LogP contribution in [0.4, 0.5) is 0 Å². The zero-order valence-electron chi connectivity index (χ0n) is 10.0. The second kappa shape index (κ2) is 7.47. The van der Waals surface area contributed by atoms with Gasteiger partial charge in [-0.3, -0.25) is 4.79 Å². The number of aromatic hydroxyl groups is 1. The second-order valence-electron chi connectivity index (χ2n) is 3.90. The molecule has 1 amide bonds. The lowest BCUT2D eigenvalue weighted by molar-refractivity contribution is -0.116. The molecule has 98 valence electrons. The van der Waals surface area contributed by atoms with E-state index in [1.165, 1.54) is 6.08 Å². The highest BCUT2D eigenvalue weighted by atomic mass is 16.3. The Labute approximate surface area is 106 Å². The fraction of sp³-hybridized carbons (Fsp3) is 0.308. The van der Waals surface area contributed by atoms with Gasteiger partial charge in [0.1, 0.15) is 5.75 Å². The molecule has 1 unspecified atom stereocenters. The Morgan fingerprint density at radius 2 is 2.06 bits per heavy atom. The first-order valence-electron chi connectivity index (χ1n) is 5.75. The van der Waals surface area contributed by atoms with E-state index in [4.69, 9.17) is 10.8 Å². The minimum atomic E-state index is -0.610. The molecular formula is C13H18N2O3. The summed E-state index contributed by atoms with van der Waals surface area (Å²) in [6.45, 7) is 0.580. The molecule has 1 aromatic rings. The molecule has 0 aliphatic heterocycles. The third-order valence-electron chi connectivity index (χ3n) is 2.33. The lowest BCUT2D eigenvalue weighted by Crippen LogP contribution is -2.32. The molecule has 1 atom stereocenters. The Balaban J connectivity index is 2.37. The van der Waals surface area contributed by atoms with Crippen LogP contribution >= 0.6 is 0 Å². The summed E-state index contributed by atoms with van der Waals surface area (Å²) in [6, 6.07) is 6.48. The van der Waals surface area contributed by atoms with Crippen LogP contribution in [0.1, 0.15) is 12.0 Å². The van der Waals surface area contributed by atoms with Crippen molar-refractivity contribution in [2.75, 3.05) is 13.1 Å². The number of phenols is 1. The highest BCUT2D eigenvalue weighted by molar-refractivity contribution is 5.91. The lowest BCUT2D eigenvalue weighted by atomic mass is 10.2. The summed E-state index contributed by atoms with van der Waals surface area (Å²) in [5.74, 6) is -0.0966. The fourth-order valence-electron chi connectivity index (χ4n) is 1.33. The van der Waals surface area contributed by atoms with Gasteiger partial charge < -0.3 is 21.3 Å². The molecule has 0 aliphatic carbocycles. The number of hydrogen-bond acceptors (Lipinski definition) is 4. The number of carbonyl (C=O) groups is 1. The average molecular weight is 250 g/mol. The fourth-order valence-corrected chi connectivity index (χ4v) is 1.33. The summed E-state index contributed by atoms with van der Waals surface area (Å²) in [7, 11) is 0. The molecule has 0 aliphatic rings. The molecule has 5 nitrogen and oxygen atoms in total. The van der Waals surface area contributed by atoms with Crippen molar-refractivity contribution in [1.29, 1.82) is 0 Å².